The highest BCUT2D eigenvalue weighted by Crippen LogP contribution is 2.15. The Labute approximate surface area is 128 Å². The summed E-state index contributed by atoms with van der Waals surface area (Å²) in [5.41, 5.74) is -0.698. The standard InChI is InChI=1S/C16H20O6/c1-3-4-5-10(2)9-22-16(21)12-7-6-11(14(17)18)8-13(12)15(19)20/h6-8,10H,3-5,9H2,1-2H3,(H,17,18)(H,19,20). The predicted molar refractivity (Wildman–Crippen MR) is 79.3 cm³/mol. The lowest BCUT2D eigenvalue weighted by molar-refractivity contribution is 0.0434. The molecule has 22 heavy (non-hydrogen) atoms. The van der Waals surface area contributed by atoms with Gasteiger partial charge in [0.2, 0.25) is 0 Å². The number of rotatable bonds is 8. The molecule has 0 aromatic heterocycles. The summed E-state index contributed by atoms with van der Waals surface area (Å²) in [6, 6.07) is 3.32. The highest BCUT2D eigenvalue weighted by molar-refractivity contribution is 6.04. The van der Waals surface area contributed by atoms with E-state index in [1.165, 1.54) is 12.1 Å². The van der Waals surface area contributed by atoms with E-state index in [4.69, 9.17) is 14.9 Å². The van der Waals surface area contributed by atoms with Crippen LogP contribution in [0, 0.1) is 5.92 Å². The van der Waals surface area contributed by atoms with E-state index in [1.807, 2.05) is 6.92 Å². The van der Waals surface area contributed by atoms with E-state index in [1.54, 1.807) is 0 Å². The molecule has 0 radical (unpaired) electrons. The number of carbonyl (C=O) groups is 3. The molecule has 0 bridgehead atoms. The topological polar surface area (TPSA) is 101 Å². The molecule has 2 N–H and O–H groups in total. The van der Waals surface area contributed by atoms with E-state index in [0.29, 0.717) is 0 Å². The van der Waals surface area contributed by atoms with E-state index >= 15 is 0 Å². The third-order valence-corrected chi connectivity index (χ3v) is 3.27. The molecule has 6 heteroatoms. The Morgan fingerprint density at radius 1 is 1.14 bits per heavy atom. The van der Waals surface area contributed by atoms with Gasteiger partial charge in [-0.2, -0.15) is 0 Å². The van der Waals surface area contributed by atoms with Gasteiger partial charge in [-0.15, -0.1) is 0 Å². The minimum Gasteiger partial charge on any atom is -0.478 e. The zero-order valence-corrected chi connectivity index (χ0v) is 12.7. The molecule has 0 aliphatic rings. The molecule has 1 aromatic carbocycles. The Bertz CT molecular complexity index is 564. The van der Waals surface area contributed by atoms with E-state index < -0.39 is 17.9 Å². The fourth-order valence-electron chi connectivity index (χ4n) is 1.96. The molecule has 0 amide bonds. The zero-order chi connectivity index (χ0) is 16.7. The fraction of sp³-hybridized carbons (Fsp3) is 0.438. The van der Waals surface area contributed by atoms with Crippen molar-refractivity contribution in [3.05, 3.63) is 34.9 Å². The van der Waals surface area contributed by atoms with Crippen LogP contribution in [0.4, 0.5) is 0 Å². The summed E-state index contributed by atoms with van der Waals surface area (Å²) in [6.45, 7) is 4.23. The van der Waals surface area contributed by atoms with Gasteiger partial charge in [0.25, 0.3) is 0 Å². The summed E-state index contributed by atoms with van der Waals surface area (Å²) in [7, 11) is 0. The number of ether oxygens (including phenoxy) is 1. The molecular formula is C16H20O6. The number of benzene rings is 1. The molecule has 6 nitrogen and oxygen atoms in total. The molecule has 1 unspecified atom stereocenters. The first kappa shape index (κ1) is 17.7. The van der Waals surface area contributed by atoms with Gasteiger partial charge in [0.1, 0.15) is 0 Å². The van der Waals surface area contributed by atoms with Crippen LogP contribution in [-0.2, 0) is 4.74 Å². The van der Waals surface area contributed by atoms with Crippen LogP contribution in [-0.4, -0.2) is 34.7 Å². The minimum atomic E-state index is -1.37. The smallest absolute Gasteiger partial charge is 0.339 e. The lowest BCUT2D eigenvalue weighted by Gasteiger charge is -2.12. The first-order valence-corrected chi connectivity index (χ1v) is 7.14. The van der Waals surface area contributed by atoms with Crippen LogP contribution in [0.15, 0.2) is 18.2 Å². The van der Waals surface area contributed by atoms with Gasteiger partial charge >= 0.3 is 17.9 Å². The number of carbonyl (C=O) groups excluding carboxylic acids is 1. The summed E-state index contributed by atoms with van der Waals surface area (Å²) >= 11 is 0. The van der Waals surface area contributed by atoms with E-state index in [-0.39, 0.29) is 29.2 Å². The van der Waals surface area contributed by atoms with Crippen LogP contribution in [0.25, 0.3) is 0 Å². The fourth-order valence-corrected chi connectivity index (χ4v) is 1.96. The van der Waals surface area contributed by atoms with E-state index in [9.17, 15) is 14.4 Å². The molecule has 120 valence electrons. The highest BCUT2D eigenvalue weighted by Gasteiger charge is 2.20. The van der Waals surface area contributed by atoms with Crippen molar-refractivity contribution >= 4 is 17.9 Å². The van der Waals surface area contributed by atoms with Crippen LogP contribution in [0.1, 0.15) is 64.2 Å². The Kier molecular flexibility index (Phi) is 6.56. The van der Waals surface area contributed by atoms with E-state index in [2.05, 4.69) is 6.92 Å². The van der Waals surface area contributed by atoms with Crippen LogP contribution >= 0.6 is 0 Å². The first-order chi connectivity index (χ1) is 10.4. The number of unbranched alkanes of at least 4 members (excludes halogenated alkanes) is 1. The lowest BCUT2D eigenvalue weighted by atomic mass is 10.0. The number of hydrogen-bond donors (Lipinski definition) is 2. The molecule has 0 aliphatic heterocycles. The largest absolute Gasteiger partial charge is 0.478 e. The van der Waals surface area contributed by atoms with Crippen molar-refractivity contribution in [3.8, 4) is 0 Å². The molecule has 0 saturated carbocycles. The Hall–Kier alpha value is -2.37. The molecule has 1 atom stereocenters. The van der Waals surface area contributed by atoms with Crippen molar-refractivity contribution in [2.75, 3.05) is 6.61 Å². The maximum Gasteiger partial charge on any atom is 0.339 e. The maximum absolute atomic E-state index is 12.0. The number of aromatic carboxylic acids is 2. The molecule has 1 aromatic rings. The molecule has 0 aliphatic carbocycles. The third-order valence-electron chi connectivity index (χ3n) is 3.27. The Balaban J connectivity index is 2.84. The summed E-state index contributed by atoms with van der Waals surface area (Å²) in [5.74, 6) is -3.18. The SMILES string of the molecule is CCCCC(C)COC(=O)c1ccc(C(=O)O)cc1C(=O)O. The number of hydrogen-bond acceptors (Lipinski definition) is 4. The van der Waals surface area contributed by atoms with Gasteiger partial charge in [0.05, 0.1) is 23.3 Å². The van der Waals surface area contributed by atoms with Crippen LogP contribution in [0.3, 0.4) is 0 Å². The van der Waals surface area contributed by atoms with Gasteiger partial charge in [0.15, 0.2) is 0 Å². The molecule has 0 saturated heterocycles. The second kappa shape index (κ2) is 8.17. The van der Waals surface area contributed by atoms with Crippen LogP contribution < -0.4 is 0 Å². The van der Waals surface area contributed by atoms with Gasteiger partial charge < -0.3 is 14.9 Å². The predicted octanol–water partition coefficient (Wildman–Crippen LogP) is 3.07. The minimum absolute atomic E-state index is 0.139. The zero-order valence-electron chi connectivity index (χ0n) is 12.7. The van der Waals surface area contributed by atoms with Crippen molar-refractivity contribution in [2.24, 2.45) is 5.92 Å². The summed E-state index contributed by atoms with van der Waals surface area (Å²) < 4.78 is 5.13. The summed E-state index contributed by atoms with van der Waals surface area (Å²) in [6.07, 6.45) is 3.01. The molecular weight excluding hydrogens is 288 g/mol. The van der Waals surface area contributed by atoms with Gasteiger partial charge in [-0.3, -0.25) is 0 Å². The van der Waals surface area contributed by atoms with Gasteiger partial charge in [-0.05, 0) is 30.5 Å². The van der Waals surface area contributed by atoms with Crippen LogP contribution in [0.5, 0.6) is 0 Å². The molecule has 1 rings (SSSR count). The monoisotopic (exact) mass is 308 g/mol. The highest BCUT2D eigenvalue weighted by atomic mass is 16.5. The quantitative estimate of drug-likeness (QED) is 0.716. The average molecular weight is 308 g/mol. The second-order valence-electron chi connectivity index (χ2n) is 5.22. The average Bonchev–Trinajstić information content (AvgIpc) is 2.49. The lowest BCUT2D eigenvalue weighted by Crippen LogP contribution is -2.16. The first-order valence-electron chi connectivity index (χ1n) is 7.14. The molecule has 0 heterocycles. The Morgan fingerprint density at radius 2 is 1.82 bits per heavy atom. The van der Waals surface area contributed by atoms with Gasteiger partial charge in [-0.25, -0.2) is 14.4 Å². The molecule has 0 fully saturated rings. The number of carboxylic acids is 2. The van der Waals surface area contributed by atoms with Crippen molar-refractivity contribution in [2.45, 2.75) is 33.1 Å². The summed E-state index contributed by atoms with van der Waals surface area (Å²) in [4.78, 5) is 34.0. The van der Waals surface area contributed by atoms with Crippen molar-refractivity contribution in [1.82, 2.24) is 0 Å². The second-order valence-corrected chi connectivity index (χ2v) is 5.22. The number of esters is 1. The van der Waals surface area contributed by atoms with Crippen molar-refractivity contribution in [3.63, 3.8) is 0 Å². The van der Waals surface area contributed by atoms with Crippen LogP contribution in [0.2, 0.25) is 0 Å². The maximum atomic E-state index is 12.0. The Morgan fingerprint density at radius 3 is 2.36 bits per heavy atom. The molecule has 0 spiro atoms. The van der Waals surface area contributed by atoms with E-state index in [0.717, 1.165) is 25.3 Å². The van der Waals surface area contributed by atoms with Gasteiger partial charge in [0, 0.05) is 0 Å². The number of carboxylic acid groups (broad SMARTS) is 2. The van der Waals surface area contributed by atoms with Crippen molar-refractivity contribution in [1.29, 1.82) is 0 Å². The normalized spacial score (nSPS) is 11.7. The third kappa shape index (κ3) is 4.87. The van der Waals surface area contributed by atoms with Crippen molar-refractivity contribution < 1.29 is 29.3 Å². The summed E-state index contributed by atoms with van der Waals surface area (Å²) in [5, 5.41) is 18.0. The van der Waals surface area contributed by atoms with Gasteiger partial charge in [-0.1, -0.05) is 26.7 Å².